The van der Waals surface area contributed by atoms with Gasteiger partial charge >= 0.3 is 0 Å². The van der Waals surface area contributed by atoms with Gasteiger partial charge in [0.15, 0.2) is 0 Å². The van der Waals surface area contributed by atoms with Crippen molar-refractivity contribution in [2.45, 2.75) is 13.3 Å². The number of hydrogen-bond donors (Lipinski definition) is 2. The molecule has 1 aliphatic rings. The monoisotopic (exact) mass is 295 g/mol. The average Bonchev–Trinajstić information content (AvgIpc) is 2.81. The number of hydrogen-bond acceptors (Lipinski definition) is 3. The van der Waals surface area contributed by atoms with E-state index in [1.165, 1.54) is 6.07 Å². The lowest BCUT2D eigenvalue weighted by molar-refractivity contribution is -0.128. The van der Waals surface area contributed by atoms with Crippen LogP contribution in [0.2, 0.25) is 0 Å². The van der Waals surface area contributed by atoms with Crippen molar-refractivity contribution in [2.75, 3.05) is 25.0 Å². The molecule has 1 amide bonds. The van der Waals surface area contributed by atoms with Gasteiger partial charge < -0.3 is 16.0 Å². The van der Waals surface area contributed by atoms with Crippen LogP contribution >= 0.6 is 12.2 Å². The molecular weight excluding hydrogens is 277 g/mol. The fourth-order valence-electron chi connectivity index (χ4n) is 2.57. The van der Waals surface area contributed by atoms with Gasteiger partial charge in [0.1, 0.15) is 10.8 Å². The summed E-state index contributed by atoms with van der Waals surface area (Å²) in [6.45, 7) is 3.21. The maximum Gasteiger partial charge on any atom is 0.227 e. The topological polar surface area (TPSA) is 58.4 Å². The first-order valence-electron chi connectivity index (χ1n) is 6.44. The van der Waals surface area contributed by atoms with Gasteiger partial charge in [-0.3, -0.25) is 4.79 Å². The van der Waals surface area contributed by atoms with E-state index in [1.54, 1.807) is 19.2 Å². The standard InChI is InChI=1S/C14H18FN3OS/c1-14(13(19)17-2)5-6-18(8-14)9-3-4-10(12(16)20)11(15)7-9/h3-4,7H,5-6,8H2,1-2H3,(H2,16,20)(H,17,19). The van der Waals surface area contributed by atoms with Gasteiger partial charge in [0, 0.05) is 31.4 Å². The second-order valence-electron chi connectivity index (χ2n) is 5.34. The Kier molecular flexibility index (Phi) is 3.94. The number of nitrogens with zero attached hydrogens (tertiary/aromatic N) is 1. The van der Waals surface area contributed by atoms with E-state index in [1.807, 2.05) is 11.8 Å². The first-order chi connectivity index (χ1) is 9.37. The number of nitrogens with two attached hydrogens (primary N) is 1. The Balaban J connectivity index is 2.21. The summed E-state index contributed by atoms with van der Waals surface area (Å²) in [4.78, 5) is 13.9. The van der Waals surface area contributed by atoms with Crippen molar-refractivity contribution in [2.24, 2.45) is 11.1 Å². The lowest BCUT2D eigenvalue weighted by Gasteiger charge is -2.24. The molecule has 1 heterocycles. The number of nitrogens with one attached hydrogen (secondary N) is 1. The third-order valence-corrected chi connectivity index (χ3v) is 4.05. The minimum Gasteiger partial charge on any atom is -0.389 e. The van der Waals surface area contributed by atoms with Gasteiger partial charge in [-0.1, -0.05) is 12.2 Å². The van der Waals surface area contributed by atoms with E-state index in [0.29, 0.717) is 6.54 Å². The van der Waals surface area contributed by atoms with Crippen molar-refractivity contribution in [3.63, 3.8) is 0 Å². The molecule has 20 heavy (non-hydrogen) atoms. The van der Waals surface area contributed by atoms with Crippen LogP contribution in [0.3, 0.4) is 0 Å². The number of amides is 1. The van der Waals surface area contributed by atoms with Crippen LogP contribution in [0.1, 0.15) is 18.9 Å². The fraction of sp³-hybridized carbons (Fsp3) is 0.429. The number of halogens is 1. The molecule has 6 heteroatoms. The zero-order valence-electron chi connectivity index (χ0n) is 11.6. The lowest BCUT2D eigenvalue weighted by atomic mass is 9.89. The Morgan fingerprint density at radius 2 is 2.25 bits per heavy atom. The van der Waals surface area contributed by atoms with Crippen molar-refractivity contribution < 1.29 is 9.18 Å². The summed E-state index contributed by atoms with van der Waals surface area (Å²) in [5.74, 6) is -0.413. The highest BCUT2D eigenvalue weighted by Crippen LogP contribution is 2.33. The summed E-state index contributed by atoms with van der Waals surface area (Å²) in [6, 6.07) is 4.79. The van der Waals surface area contributed by atoms with E-state index in [4.69, 9.17) is 18.0 Å². The highest BCUT2D eigenvalue weighted by Gasteiger charge is 2.39. The van der Waals surface area contributed by atoms with Gasteiger partial charge in [0.2, 0.25) is 5.91 Å². The SMILES string of the molecule is CNC(=O)C1(C)CCN(c2ccc(C(N)=S)c(F)c2)C1. The number of carbonyl (C=O) groups excluding carboxylic acids is 1. The molecule has 3 N–H and O–H groups in total. The Bertz CT molecular complexity index is 563. The average molecular weight is 295 g/mol. The zero-order chi connectivity index (χ0) is 14.9. The summed E-state index contributed by atoms with van der Waals surface area (Å²) in [5, 5.41) is 2.68. The van der Waals surface area contributed by atoms with Crippen LogP contribution in [0.25, 0.3) is 0 Å². The van der Waals surface area contributed by atoms with Gasteiger partial charge in [0.05, 0.1) is 5.41 Å². The van der Waals surface area contributed by atoms with E-state index < -0.39 is 11.2 Å². The molecular formula is C14H18FN3OS. The summed E-state index contributed by atoms with van der Waals surface area (Å²) in [6.07, 6.45) is 0.741. The molecule has 0 aliphatic carbocycles. The zero-order valence-corrected chi connectivity index (χ0v) is 12.4. The molecule has 1 fully saturated rings. The fourth-order valence-corrected chi connectivity index (χ4v) is 2.73. The van der Waals surface area contributed by atoms with Gasteiger partial charge in [-0.05, 0) is 31.5 Å². The quantitative estimate of drug-likeness (QED) is 0.828. The first-order valence-corrected chi connectivity index (χ1v) is 6.85. The molecule has 1 aromatic rings. The minimum absolute atomic E-state index is 0.0141. The van der Waals surface area contributed by atoms with E-state index in [-0.39, 0.29) is 16.5 Å². The first kappa shape index (κ1) is 14.7. The van der Waals surface area contributed by atoms with Gasteiger partial charge in [-0.2, -0.15) is 0 Å². The molecule has 4 nitrogen and oxygen atoms in total. The summed E-state index contributed by atoms with van der Waals surface area (Å²) < 4.78 is 13.9. The number of carbonyl (C=O) groups is 1. The molecule has 1 aromatic carbocycles. The highest BCUT2D eigenvalue weighted by molar-refractivity contribution is 7.80. The van der Waals surface area contributed by atoms with Crippen molar-refractivity contribution in [1.82, 2.24) is 5.32 Å². The van der Waals surface area contributed by atoms with Gasteiger partial charge in [-0.15, -0.1) is 0 Å². The Hall–Kier alpha value is -1.69. The molecule has 0 aromatic heterocycles. The largest absolute Gasteiger partial charge is 0.389 e. The minimum atomic E-state index is -0.437. The Morgan fingerprint density at radius 1 is 1.55 bits per heavy atom. The van der Waals surface area contributed by atoms with Crippen molar-refractivity contribution in [3.05, 3.63) is 29.6 Å². The summed E-state index contributed by atoms with van der Waals surface area (Å²) in [5.41, 5.74) is 6.00. The van der Waals surface area contributed by atoms with Crippen LogP contribution in [0.4, 0.5) is 10.1 Å². The summed E-state index contributed by atoms with van der Waals surface area (Å²) in [7, 11) is 1.63. The molecule has 0 saturated carbocycles. The van der Waals surface area contributed by atoms with Crippen LogP contribution in [0.5, 0.6) is 0 Å². The second kappa shape index (κ2) is 5.36. The third kappa shape index (κ3) is 2.60. The molecule has 2 rings (SSSR count). The van der Waals surface area contributed by atoms with Crippen molar-refractivity contribution in [3.8, 4) is 0 Å². The molecule has 0 radical (unpaired) electrons. The number of benzene rings is 1. The molecule has 108 valence electrons. The van der Waals surface area contributed by atoms with Crippen molar-refractivity contribution in [1.29, 1.82) is 0 Å². The Morgan fingerprint density at radius 3 is 2.80 bits per heavy atom. The smallest absolute Gasteiger partial charge is 0.227 e. The second-order valence-corrected chi connectivity index (χ2v) is 5.78. The number of rotatable bonds is 3. The summed E-state index contributed by atoms with van der Waals surface area (Å²) >= 11 is 4.79. The van der Waals surface area contributed by atoms with Gasteiger partial charge in [-0.25, -0.2) is 4.39 Å². The van der Waals surface area contributed by atoms with Crippen LogP contribution in [-0.2, 0) is 4.79 Å². The molecule has 1 unspecified atom stereocenters. The highest BCUT2D eigenvalue weighted by atomic mass is 32.1. The van der Waals surface area contributed by atoms with Crippen LogP contribution < -0.4 is 16.0 Å². The van der Waals surface area contributed by atoms with E-state index in [2.05, 4.69) is 5.32 Å². The number of thiocarbonyl (C=S) groups is 1. The molecule has 0 spiro atoms. The number of anilines is 1. The maximum absolute atomic E-state index is 13.9. The van der Waals surface area contributed by atoms with Crippen molar-refractivity contribution >= 4 is 28.8 Å². The van der Waals surface area contributed by atoms with E-state index >= 15 is 0 Å². The molecule has 1 atom stereocenters. The van der Waals surface area contributed by atoms with Crippen LogP contribution in [-0.4, -0.2) is 31.0 Å². The van der Waals surface area contributed by atoms with Crippen LogP contribution in [0, 0.1) is 11.2 Å². The van der Waals surface area contributed by atoms with E-state index in [0.717, 1.165) is 18.7 Å². The molecule has 0 bridgehead atoms. The molecule has 1 saturated heterocycles. The van der Waals surface area contributed by atoms with Crippen LogP contribution in [0.15, 0.2) is 18.2 Å². The Labute approximate surface area is 123 Å². The van der Waals surface area contributed by atoms with Gasteiger partial charge in [0.25, 0.3) is 0 Å². The normalized spacial score (nSPS) is 21.9. The predicted octanol–water partition coefficient (Wildman–Crippen LogP) is 1.42. The predicted molar refractivity (Wildman–Crippen MR) is 81.3 cm³/mol. The molecule has 1 aliphatic heterocycles. The maximum atomic E-state index is 13.9. The third-order valence-electron chi connectivity index (χ3n) is 3.83. The van der Waals surface area contributed by atoms with E-state index in [9.17, 15) is 9.18 Å². The lowest BCUT2D eigenvalue weighted by Crippen LogP contribution is -2.39.